The van der Waals surface area contributed by atoms with E-state index >= 15 is 0 Å². The van der Waals surface area contributed by atoms with Crippen LogP contribution in [-0.2, 0) is 21.2 Å². The van der Waals surface area contributed by atoms with Crippen LogP contribution in [-0.4, -0.2) is 20.4 Å². The fraction of sp³-hybridized carbons (Fsp3) is 0.208. The highest BCUT2D eigenvalue weighted by molar-refractivity contribution is 9.10. The molecule has 2 N–H and O–H groups in total. The fourth-order valence-electron chi connectivity index (χ4n) is 3.18. The van der Waals surface area contributed by atoms with Crippen molar-refractivity contribution in [1.29, 1.82) is 0 Å². The summed E-state index contributed by atoms with van der Waals surface area (Å²) in [7, 11) is -3.87. The smallest absolute Gasteiger partial charge is 0.241 e. The lowest BCUT2D eigenvalue weighted by Crippen LogP contribution is -2.48. The van der Waals surface area contributed by atoms with E-state index in [1.807, 2.05) is 68.4 Å². The third kappa shape index (κ3) is 6.50. The van der Waals surface area contributed by atoms with Crippen LogP contribution in [0.3, 0.4) is 0 Å². The van der Waals surface area contributed by atoms with Gasteiger partial charge in [0.25, 0.3) is 0 Å². The first-order valence-electron chi connectivity index (χ1n) is 9.93. The number of hydrogen-bond donors (Lipinski definition) is 2. The molecule has 0 heterocycles. The Kier molecular flexibility index (Phi) is 7.64. The van der Waals surface area contributed by atoms with E-state index in [9.17, 15) is 13.2 Å². The second-order valence-corrected chi connectivity index (χ2v) is 10.1. The number of amides is 1. The molecule has 0 radical (unpaired) electrons. The minimum Gasteiger partial charge on any atom is -0.348 e. The highest BCUT2D eigenvalue weighted by atomic mass is 79.9. The van der Waals surface area contributed by atoms with Gasteiger partial charge >= 0.3 is 0 Å². The standard InChI is InChI=1S/C24H25BrN2O3S/c1-17-11-13-22(14-12-17)31(29,30)27-23(15-19-7-4-3-5-8-19)24(28)26-18(2)20-9-6-10-21(25)16-20/h3-14,16,18,23,27H,15H2,1-2H3,(H,26,28)/t18-,23+/m1/s1. The molecule has 7 heteroatoms. The molecule has 5 nitrogen and oxygen atoms in total. The van der Waals surface area contributed by atoms with Crippen LogP contribution in [0.25, 0.3) is 0 Å². The zero-order chi connectivity index (χ0) is 22.4. The van der Waals surface area contributed by atoms with Gasteiger partial charge in [0, 0.05) is 4.47 Å². The Labute approximate surface area is 192 Å². The maximum absolute atomic E-state index is 13.1. The number of carbonyl (C=O) groups is 1. The average Bonchev–Trinajstić information content (AvgIpc) is 2.74. The molecule has 0 aliphatic rings. The molecule has 3 aromatic carbocycles. The molecule has 162 valence electrons. The van der Waals surface area contributed by atoms with E-state index in [4.69, 9.17) is 0 Å². The number of rotatable bonds is 8. The molecule has 3 aromatic rings. The first-order chi connectivity index (χ1) is 14.7. The SMILES string of the molecule is Cc1ccc(S(=O)(=O)N[C@@H](Cc2ccccc2)C(=O)N[C@H](C)c2cccc(Br)c2)cc1. The van der Waals surface area contributed by atoms with Crippen molar-refractivity contribution < 1.29 is 13.2 Å². The highest BCUT2D eigenvalue weighted by Crippen LogP contribution is 2.19. The molecular weight excluding hydrogens is 476 g/mol. The Bertz CT molecular complexity index is 1130. The summed E-state index contributed by atoms with van der Waals surface area (Å²) in [4.78, 5) is 13.3. The molecule has 0 saturated carbocycles. The van der Waals surface area contributed by atoms with Crippen molar-refractivity contribution in [3.63, 3.8) is 0 Å². The van der Waals surface area contributed by atoms with E-state index in [0.717, 1.165) is 21.2 Å². The number of hydrogen-bond acceptors (Lipinski definition) is 3. The van der Waals surface area contributed by atoms with Crippen LogP contribution in [0.5, 0.6) is 0 Å². The molecule has 0 aliphatic heterocycles. The van der Waals surface area contributed by atoms with Crippen LogP contribution in [0.2, 0.25) is 0 Å². The molecule has 3 rings (SSSR count). The summed E-state index contributed by atoms with van der Waals surface area (Å²) < 4.78 is 29.4. The average molecular weight is 501 g/mol. The zero-order valence-electron chi connectivity index (χ0n) is 17.4. The van der Waals surface area contributed by atoms with Gasteiger partial charge in [-0.1, -0.05) is 76.1 Å². The van der Waals surface area contributed by atoms with E-state index in [-0.39, 0.29) is 23.3 Å². The lowest BCUT2D eigenvalue weighted by Gasteiger charge is -2.22. The summed E-state index contributed by atoms with van der Waals surface area (Å²) in [6, 6.07) is 22.3. The number of carbonyl (C=O) groups excluding carboxylic acids is 1. The molecule has 31 heavy (non-hydrogen) atoms. The summed E-state index contributed by atoms with van der Waals surface area (Å²) in [5, 5.41) is 2.94. The summed E-state index contributed by atoms with van der Waals surface area (Å²) in [6.45, 7) is 3.76. The molecule has 0 bridgehead atoms. The predicted molar refractivity (Wildman–Crippen MR) is 126 cm³/mol. The van der Waals surface area contributed by atoms with Crippen molar-refractivity contribution >= 4 is 31.9 Å². The Morgan fingerprint density at radius 3 is 2.29 bits per heavy atom. The Balaban J connectivity index is 1.83. The lowest BCUT2D eigenvalue weighted by atomic mass is 10.0. The second kappa shape index (κ2) is 10.2. The third-order valence-corrected chi connectivity index (χ3v) is 6.92. The van der Waals surface area contributed by atoms with Crippen LogP contribution in [0.1, 0.15) is 29.7 Å². The van der Waals surface area contributed by atoms with Crippen LogP contribution in [0.15, 0.2) is 88.2 Å². The molecule has 0 aliphatic carbocycles. The molecule has 0 fully saturated rings. The van der Waals surface area contributed by atoms with E-state index in [2.05, 4.69) is 26.0 Å². The summed E-state index contributed by atoms with van der Waals surface area (Å²) in [5.41, 5.74) is 2.74. The number of halogens is 1. The van der Waals surface area contributed by atoms with Gasteiger partial charge in [0.2, 0.25) is 15.9 Å². The predicted octanol–water partition coefficient (Wildman–Crippen LogP) is 4.52. The van der Waals surface area contributed by atoms with E-state index in [1.54, 1.807) is 24.3 Å². The van der Waals surface area contributed by atoms with E-state index < -0.39 is 16.1 Å². The summed E-state index contributed by atoms with van der Waals surface area (Å²) in [5.74, 6) is -0.382. The quantitative estimate of drug-likeness (QED) is 0.477. The van der Waals surface area contributed by atoms with Gasteiger partial charge in [-0.25, -0.2) is 8.42 Å². The Morgan fingerprint density at radius 1 is 0.968 bits per heavy atom. The summed E-state index contributed by atoms with van der Waals surface area (Å²) in [6.07, 6.45) is 0.239. The van der Waals surface area contributed by atoms with Crippen molar-refractivity contribution in [2.24, 2.45) is 0 Å². The molecule has 0 saturated heterocycles. The topological polar surface area (TPSA) is 75.3 Å². The molecule has 1 amide bonds. The Morgan fingerprint density at radius 2 is 1.65 bits per heavy atom. The van der Waals surface area contributed by atoms with Crippen LogP contribution >= 0.6 is 15.9 Å². The summed E-state index contributed by atoms with van der Waals surface area (Å²) >= 11 is 3.44. The van der Waals surface area contributed by atoms with Gasteiger partial charge in [-0.15, -0.1) is 0 Å². The van der Waals surface area contributed by atoms with Crippen molar-refractivity contribution in [3.8, 4) is 0 Å². The molecule has 0 aromatic heterocycles. The number of aryl methyl sites for hydroxylation is 1. The first kappa shape index (κ1) is 23.2. The maximum atomic E-state index is 13.1. The van der Waals surface area contributed by atoms with Crippen molar-refractivity contribution in [2.45, 2.75) is 37.2 Å². The second-order valence-electron chi connectivity index (χ2n) is 7.46. The normalized spacial score (nSPS) is 13.4. The van der Waals surface area contributed by atoms with Gasteiger partial charge < -0.3 is 5.32 Å². The van der Waals surface area contributed by atoms with Gasteiger partial charge in [0.1, 0.15) is 6.04 Å². The number of sulfonamides is 1. The zero-order valence-corrected chi connectivity index (χ0v) is 19.8. The number of benzene rings is 3. The lowest BCUT2D eigenvalue weighted by molar-refractivity contribution is -0.123. The third-order valence-electron chi connectivity index (χ3n) is 4.94. The molecule has 2 atom stereocenters. The van der Waals surface area contributed by atoms with E-state index in [0.29, 0.717) is 0 Å². The maximum Gasteiger partial charge on any atom is 0.241 e. The van der Waals surface area contributed by atoms with Crippen molar-refractivity contribution in [3.05, 3.63) is 100 Å². The van der Waals surface area contributed by atoms with Gasteiger partial charge in [-0.2, -0.15) is 4.72 Å². The largest absolute Gasteiger partial charge is 0.348 e. The van der Waals surface area contributed by atoms with E-state index in [1.165, 1.54) is 0 Å². The monoisotopic (exact) mass is 500 g/mol. The molecule has 0 spiro atoms. The minimum atomic E-state index is -3.87. The van der Waals surface area contributed by atoms with Gasteiger partial charge in [-0.3, -0.25) is 4.79 Å². The van der Waals surface area contributed by atoms with Gasteiger partial charge in [0.15, 0.2) is 0 Å². The van der Waals surface area contributed by atoms with Gasteiger partial charge in [0.05, 0.1) is 10.9 Å². The van der Waals surface area contributed by atoms with Crippen LogP contribution in [0, 0.1) is 6.92 Å². The van der Waals surface area contributed by atoms with Crippen LogP contribution < -0.4 is 10.0 Å². The highest BCUT2D eigenvalue weighted by Gasteiger charge is 2.27. The van der Waals surface area contributed by atoms with Gasteiger partial charge in [-0.05, 0) is 55.7 Å². The number of nitrogens with one attached hydrogen (secondary N) is 2. The van der Waals surface area contributed by atoms with Crippen molar-refractivity contribution in [1.82, 2.24) is 10.0 Å². The Hall–Kier alpha value is -2.48. The first-order valence-corrected chi connectivity index (χ1v) is 12.2. The van der Waals surface area contributed by atoms with Crippen LogP contribution in [0.4, 0.5) is 0 Å². The fourth-order valence-corrected chi connectivity index (χ4v) is 4.80. The molecular formula is C24H25BrN2O3S. The minimum absolute atomic E-state index is 0.129. The molecule has 0 unspecified atom stereocenters. The van der Waals surface area contributed by atoms with Crippen molar-refractivity contribution in [2.75, 3.05) is 0 Å².